The van der Waals surface area contributed by atoms with Gasteiger partial charge in [0, 0.05) is 56.1 Å². The van der Waals surface area contributed by atoms with Crippen LogP contribution in [-0.4, -0.2) is 53.6 Å². The summed E-state index contributed by atoms with van der Waals surface area (Å²) in [6.45, 7) is 5.16. The Hall–Kier alpha value is -2.12. The predicted molar refractivity (Wildman–Crippen MR) is 119 cm³/mol. The van der Waals surface area contributed by atoms with E-state index in [1.54, 1.807) is 0 Å². The molecule has 1 fully saturated rings. The van der Waals surface area contributed by atoms with Crippen LogP contribution in [0.1, 0.15) is 43.4 Å². The molecule has 0 spiro atoms. The van der Waals surface area contributed by atoms with Crippen LogP contribution in [0, 0.1) is 0 Å². The highest BCUT2D eigenvalue weighted by Gasteiger charge is 2.36. The van der Waals surface area contributed by atoms with Crippen molar-refractivity contribution >= 4 is 17.6 Å². The van der Waals surface area contributed by atoms with Crippen LogP contribution >= 0.6 is 11.6 Å². The van der Waals surface area contributed by atoms with Crippen molar-refractivity contribution in [2.45, 2.75) is 57.0 Å². The quantitative estimate of drug-likeness (QED) is 0.563. The molecule has 1 saturated heterocycles. The molecule has 0 radical (unpaired) electrons. The molecule has 3 heterocycles. The molecule has 1 aromatic carbocycles. The minimum absolute atomic E-state index is 0.0596. The van der Waals surface area contributed by atoms with Crippen molar-refractivity contribution in [3.05, 3.63) is 46.5 Å². The highest BCUT2D eigenvalue weighted by Crippen LogP contribution is 2.38. The number of benzene rings is 1. The maximum absolute atomic E-state index is 6.58. The predicted octanol–water partition coefficient (Wildman–Crippen LogP) is 2.72. The van der Waals surface area contributed by atoms with Crippen molar-refractivity contribution in [1.82, 2.24) is 25.4 Å². The van der Waals surface area contributed by atoms with Crippen LogP contribution in [0.15, 0.2) is 29.3 Å². The van der Waals surface area contributed by atoms with Crippen molar-refractivity contribution in [3.63, 3.8) is 0 Å². The van der Waals surface area contributed by atoms with Crippen LogP contribution in [0.5, 0.6) is 0 Å². The zero-order valence-electron chi connectivity index (χ0n) is 17.8. The van der Waals surface area contributed by atoms with Crippen molar-refractivity contribution in [2.75, 3.05) is 26.8 Å². The Morgan fingerprint density at radius 1 is 1.33 bits per heavy atom. The molecule has 162 valence electrons. The summed E-state index contributed by atoms with van der Waals surface area (Å²) in [4.78, 5) is 9.08. The molecule has 2 aliphatic rings. The number of halogens is 1. The SMILES string of the molecule is CCc1nc2n(n1)CC(NC(=NC)NCC1(c3ccccc3Cl)CCOCC1)CC2. The molecule has 4 rings (SSSR count). The van der Waals surface area contributed by atoms with Crippen LogP contribution in [0.2, 0.25) is 5.02 Å². The lowest BCUT2D eigenvalue weighted by atomic mass is 9.74. The summed E-state index contributed by atoms with van der Waals surface area (Å²) < 4.78 is 7.69. The summed E-state index contributed by atoms with van der Waals surface area (Å²) >= 11 is 6.58. The standard InChI is InChI=1S/C22H31ClN6O/c1-3-19-27-20-9-8-16(14-29(20)28-19)26-21(24-2)25-15-22(10-12-30-13-11-22)17-6-4-5-7-18(17)23/h4-7,16H,3,8-15H2,1-2H3,(H2,24,25,26). The third kappa shape index (κ3) is 4.47. The van der Waals surface area contributed by atoms with Gasteiger partial charge in [-0.2, -0.15) is 5.10 Å². The third-order valence-corrected chi connectivity index (χ3v) is 6.60. The number of ether oxygens (including phenoxy) is 1. The first-order valence-electron chi connectivity index (χ1n) is 10.9. The van der Waals surface area contributed by atoms with E-state index in [9.17, 15) is 0 Å². The first-order valence-corrected chi connectivity index (χ1v) is 11.2. The molecular weight excluding hydrogens is 400 g/mol. The van der Waals surface area contributed by atoms with Gasteiger partial charge in [0.2, 0.25) is 0 Å². The molecule has 2 N–H and O–H groups in total. The highest BCUT2D eigenvalue weighted by molar-refractivity contribution is 6.31. The zero-order valence-corrected chi connectivity index (χ0v) is 18.6. The summed E-state index contributed by atoms with van der Waals surface area (Å²) in [6, 6.07) is 8.45. The molecular formula is C22H31ClN6O. The Morgan fingerprint density at radius 2 is 2.13 bits per heavy atom. The van der Waals surface area contributed by atoms with E-state index in [0.29, 0.717) is 0 Å². The summed E-state index contributed by atoms with van der Waals surface area (Å²) in [5.74, 6) is 2.83. The average Bonchev–Trinajstić information content (AvgIpc) is 3.20. The molecule has 30 heavy (non-hydrogen) atoms. The number of hydrogen-bond acceptors (Lipinski definition) is 4. The molecule has 2 aromatic rings. The van der Waals surface area contributed by atoms with Gasteiger partial charge in [0.15, 0.2) is 11.8 Å². The summed E-state index contributed by atoms with van der Waals surface area (Å²) in [5, 5.41) is 12.6. The van der Waals surface area contributed by atoms with Gasteiger partial charge in [-0.25, -0.2) is 9.67 Å². The van der Waals surface area contributed by atoms with Crippen LogP contribution in [0.4, 0.5) is 0 Å². The highest BCUT2D eigenvalue weighted by atomic mass is 35.5. The monoisotopic (exact) mass is 430 g/mol. The lowest BCUT2D eigenvalue weighted by molar-refractivity contribution is 0.0514. The molecule has 1 atom stereocenters. The van der Waals surface area contributed by atoms with Crippen LogP contribution < -0.4 is 10.6 Å². The van der Waals surface area contributed by atoms with E-state index in [1.807, 2.05) is 23.9 Å². The number of aliphatic imine (C=N–C) groups is 1. The molecule has 1 unspecified atom stereocenters. The van der Waals surface area contributed by atoms with Crippen LogP contribution in [0.25, 0.3) is 0 Å². The van der Waals surface area contributed by atoms with Gasteiger partial charge in [-0.15, -0.1) is 0 Å². The number of hydrogen-bond donors (Lipinski definition) is 2. The van der Waals surface area contributed by atoms with Crippen LogP contribution in [0.3, 0.4) is 0 Å². The second-order valence-electron chi connectivity index (χ2n) is 8.16. The number of aryl methyl sites for hydroxylation is 2. The number of nitrogens with one attached hydrogen (secondary N) is 2. The van der Waals surface area contributed by atoms with Gasteiger partial charge in [-0.3, -0.25) is 4.99 Å². The van der Waals surface area contributed by atoms with Gasteiger partial charge in [-0.1, -0.05) is 36.7 Å². The molecule has 0 saturated carbocycles. The lowest BCUT2D eigenvalue weighted by Gasteiger charge is -2.39. The molecule has 0 amide bonds. The van der Waals surface area contributed by atoms with Crippen molar-refractivity contribution in [2.24, 2.45) is 4.99 Å². The lowest BCUT2D eigenvalue weighted by Crippen LogP contribution is -2.51. The average molecular weight is 431 g/mol. The minimum Gasteiger partial charge on any atom is -0.381 e. The summed E-state index contributed by atoms with van der Waals surface area (Å²) in [7, 11) is 1.82. The maximum Gasteiger partial charge on any atom is 0.191 e. The van der Waals surface area contributed by atoms with E-state index in [1.165, 1.54) is 5.56 Å². The Morgan fingerprint density at radius 3 is 2.87 bits per heavy atom. The summed E-state index contributed by atoms with van der Waals surface area (Å²) in [5.41, 5.74) is 1.13. The largest absolute Gasteiger partial charge is 0.381 e. The van der Waals surface area contributed by atoms with E-state index in [0.717, 1.165) is 81.0 Å². The third-order valence-electron chi connectivity index (χ3n) is 6.27. The number of fused-ring (bicyclic) bond motifs is 1. The number of rotatable bonds is 5. The van der Waals surface area contributed by atoms with Gasteiger partial charge in [0.05, 0.1) is 6.54 Å². The maximum atomic E-state index is 6.58. The minimum atomic E-state index is -0.0596. The number of guanidine groups is 1. The van der Waals surface area contributed by atoms with Gasteiger partial charge < -0.3 is 15.4 Å². The van der Waals surface area contributed by atoms with Gasteiger partial charge in [0.1, 0.15) is 5.82 Å². The van der Waals surface area contributed by atoms with E-state index in [2.05, 4.69) is 44.8 Å². The topological polar surface area (TPSA) is 76.4 Å². The number of nitrogens with zero attached hydrogens (tertiary/aromatic N) is 4. The normalized spacial score (nSPS) is 21.2. The smallest absolute Gasteiger partial charge is 0.191 e. The fourth-order valence-corrected chi connectivity index (χ4v) is 4.80. The van der Waals surface area contributed by atoms with E-state index >= 15 is 0 Å². The van der Waals surface area contributed by atoms with Crippen molar-refractivity contribution < 1.29 is 4.74 Å². The fraction of sp³-hybridized carbons (Fsp3) is 0.591. The Balaban J connectivity index is 1.42. The van der Waals surface area contributed by atoms with Crippen LogP contribution in [-0.2, 0) is 29.5 Å². The molecule has 1 aromatic heterocycles. The first kappa shape index (κ1) is 21.1. The molecule has 7 nitrogen and oxygen atoms in total. The molecule has 0 bridgehead atoms. The first-order chi connectivity index (χ1) is 14.6. The second-order valence-corrected chi connectivity index (χ2v) is 8.57. The number of aromatic nitrogens is 3. The fourth-order valence-electron chi connectivity index (χ4n) is 4.46. The molecule has 2 aliphatic heterocycles. The Bertz CT molecular complexity index is 890. The Labute approximate surface area is 183 Å². The Kier molecular flexibility index (Phi) is 6.58. The second kappa shape index (κ2) is 9.35. The van der Waals surface area contributed by atoms with Crippen molar-refractivity contribution in [1.29, 1.82) is 0 Å². The van der Waals surface area contributed by atoms with E-state index in [-0.39, 0.29) is 11.5 Å². The van der Waals surface area contributed by atoms with Gasteiger partial charge in [0.25, 0.3) is 0 Å². The van der Waals surface area contributed by atoms with E-state index < -0.39 is 0 Å². The van der Waals surface area contributed by atoms with Gasteiger partial charge >= 0.3 is 0 Å². The molecule has 8 heteroatoms. The van der Waals surface area contributed by atoms with Crippen molar-refractivity contribution in [3.8, 4) is 0 Å². The molecule has 0 aliphatic carbocycles. The zero-order chi connectivity index (χ0) is 21.0. The summed E-state index contributed by atoms with van der Waals surface area (Å²) in [6.07, 6.45) is 4.70. The van der Waals surface area contributed by atoms with E-state index in [4.69, 9.17) is 16.3 Å². The van der Waals surface area contributed by atoms with Gasteiger partial charge in [-0.05, 0) is 30.9 Å².